The Bertz CT molecular complexity index is 733. The van der Waals surface area contributed by atoms with Crippen molar-refractivity contribution in [2.45, 2.75) is 17.7 Å². The van der Waals surface area contributed by atoms with Crippen LogP contribution in [0.4, 0.5) is 0 Å². The summed E-state index contributed by atoms with van der Waals surface area (Å²) in [6.45, 7) is 1.22. The number of hydrogen-bond donors (Lipinski definition) is 0. The zero-order valence-corrected chi connectivity index (χ0v) is 12.9. The molecule has 3 heterocycles. The predicted octanol–water partition coefficient (Wildman–Crippen LogP) is 2.12. The van der Waals surface area contributed by atoms with E-state index < -0.39 is 10.0 Å². The molecule has 0 aromatic carbocycles. The van der Waals surface area contributed by atoms with Crippen molar-refractivity contribution in [1.29, 1.82) is 0 Å². The van der Waals surface area contributed by atoms with Gasteiger partial charge in [-0.25, -0.2) is 13.4 Å². The fraction of sp³-hybridized carbons (Fsp3) is 0.417. The minimum absolute atomic E-state index is 0.348. The average Bonchev–Trinajstić information content (AvgIpc) is 2.98. The van der Waals surface area contributed by atoms with Crippen LogP contribution in [0.25, 0.3) is 11.0 Å². The molecule has 0 aliphatic carbocycles. The van der Waals surface area contributed by atoms with Gasteiger partial charge in [0, 0.05) is 42.4 Å². The fourth-order valence-electron chi connectivity index (χ4n) is 2.47. The van der Waals surface area contributed by atoms with Crippen LogP contribution in [0.5, 0.6) is 0 Å². The van der Waals surface area contributed by atoms with Crippen molar-refractivity contribution >= 4 is 37.0 Å². The van der Waals surface area contributed by atoms with Gasteiger partial charge in [0.1, 0.15) is 10.5 Å². The molecule has 3 rings (SSSR count). The first-order valence-corrected chi connectivity index (χ1v) is 8.34. The summed E-state index contributed by atoms with van der Waals surface area (Å²) in [5, 5.41) is 0.670. The Kier molecular flexibility index (Phi) is 3.15. The SMILES string of the molecule is Cn1cc(S(=O)(=O)N2CCCC2)c2cc(Br)cnc21. The van der Waals surface area contributed by atoms with Crippen molar-refractivity contribution in [2.24, 2.45) is 7.05 Å². The van der Waals surface area contributed by atoms with Crippen LogP contribution in [0.15, 0.2) is 27.8 Å². The molecule has 0 bridgehead atoms. The first kappa shape index (κ1) is 13.1. The van der Waals surface area contributed by atoms with Gasteiger partial charge >= 0.3 is 0 Å². The molecule has 2 aromatic rings. The van der Waals surface area contributed by atoms with Gasteiger partial charge in [-0.05, 0) is 34.8 Å². The third-order valence-electron chi connectivity index (χ3n) is 3.43. The van der Waals surface area contributed by atoms with E-state index in [-0.39, 0.29) is 0 Å². The molecule has 0 unspecified atom stereocenters. The normalized spacial score (nSPS) is 17.4. The van der Waals surface area contributed by atoms with E-state index in [1.165, 1.54) is 0 Å². The number of halogens is 1. The summed E-state index contributed by atoms with van der Waals surface area (Å²) in [6, 6.07) is 1.81. The molecule has 2 aromatic heterocycles. The van der Waals surface area contributed by atoms with E-state index in [0.29, 0.717) is 29.0 Å². The highest BCUT2D eigenvalue weighted by Gasteiger charge is 2.30. The summed E-state index contributed by atoms with van der Waals surface area (Å²) in [5.41, 5.74) is 0.681. The number of fused-ring (bicyclic) bond motifs is 1. The number of hydrogen-bond acceptors (Lipinski definition) is 3. The second-order valence-electron chi connectivity index (χ2n) is 4.74. The Labute approximate surface area is 120 Å². The van der Waals surface area contributed by atoms with Crippen LogP contribution in [-0.2, 0) is 17.1 Å². The molecule has 7 heteroatoms. The summed E-state index contributed by atoms with van der Waals surface area (Å²) < 4.78 is 29.4. The Hall–Kier alpha value is -0.920. The van der Waals surface area contributed by atoms with Crippen LogP contribution in [0.1, 0.15) is 12.8 Å². The molecule has 102 valence electrons. The second kappa shape index (κ2) is 4.57. The van der Waals surface area contributed by atoms with Crippen LogP contribution in [0.2, 0.25) is 0 Å². The number of nitrogens with zero attached hydrogens (tertiary/aromatic N) is 3. The zero-order chi connectivity index (χ0) is 13.6. The van der Waals surface area contributed by atoms with E-state index in [1.54, 1.807) is 21.3 Å². The summed E-state index contributed by atoms with van der Waals surface area (Å²) in [6.07, 6.45) is 5.20. The molecular weight excluding hydrogens is 330 g/mol. The van der Waals surface area contributed by atoms with Crippen molar-refractivity contribution in [3.05, 3.63) is 22.9 Å². The topological polar surface area (TPSA) is 55.2 Å². The van der Waals surface area contributed by atoms with Crippen molar-refractivity contribution in [3.63, 3.8) is 0 Å². The third kappa shape index (κ3) is 2.09. The molecule has 5 nitrogen and oxygen atoms in total. The molecule has 1 fully saturated rings. The minimum atomic E-state index is -3.41. The van der Waals surface area contributed by atoms with Gasteiger partial charge < -0.3 is 4.57 Å². The second-order valence-corrected chi connectivity index (χ2v) is 7.56. The fourth-order valence-corrected chi connectivity index (χ4v) is 4.54. The number of pyridine rings is 1. The highest BCUT2D eigenvalue weighted by atomic mass is 79.9. The molecule has 19 heavy (non-hydrogen) atoms. The maximum atomic E-state index is 12.6. The lowest BCUT2D eigenvalue weighted by Crippen LogP contribution is -2.27. The van der Waals surface area contributed by atoms with E-state index >= 15 is 0 Å². The molecule has 0 radical (unpaired) electrons. The minimum Gasteiger partial charge on any atom is -0.334 e. The molecule has 0 atom stereocenters. The lowest BCUT2D eigenvalue weighted by molar-refractivity contribution is 0.478. The molecule has 1 aliphatic rings. The predicted molar refractivity (Wildman–Crippen MR) is 76.4 cm³/mol. The molecule has 0 N–H and O–H groups in total. The van der Waals surface area contributed by atoms with Gasteiger partial charge in [0.15, 0.2) is 0 Å². The van der Waals surface area contributed by atoms with Gasteiger partial charge in [-0.1, -0.05) is 0 Å². The number of sulfonamides is 1. The quantitative estimate of drug-likeness (QED) is 0.839. The van der Waals surface area contributed by atoms with Crippen LogP contribution >= 0.6 is 15.9 Å². The van der Waals surface area contributed by atoms with Crippen LogP contribution < -0.4 is 0 Å². The van der Waals surface area contributed by atoms with Gasteiger partial charge in [-0.3, -0.25) is 0 Å². The smallest absolute Gasteiger partial charge is 0.245 e. The van der Waals surface area contributed by atoms with Gasteiger partial charge in [0.05, 0.1) is 0 Å². The van der Waals surface area contributed by atoms with E-state index in [1.807, 2.05) is 13.1 Å². The maximum Gasteiger partial charge on any atom is 0.245 e. The van der Waals surface area contributed by atoms with E-state index in [2.05, 4.69) is 20.9 Å². The molecule has 0 saturated carbocycles. The Morgan fingerprint density at radius 1 is 1.32 bits per heavy atom. The summed E-state index contributed by atoms with van der Waals surface area (Å²) in [7, 11) is -1.60. The van der Waals surface area contributed by atoms with Crippen molar-refractivity contribution in [1.82, 2.24) is 13.9 Å². The van der Waals surface area contributed by atoms with Crippen molar-refractivity contribution in [3.8, 4) is 0 Å². The monoisotopic (exact) mass is 343 g/mol. The van der Waals surface area contributed by atoms with E-state index in [9.17, 15) is 8.42 Å². The lowest BCUT2D eigenvalue weighted by atomic mass is 10.3. The van der Waals surface area contributed by atoms with Gasteiger partial charge in [-0.2, -0.15) is 4.31 Å². The first-order chi connectivity index (χ1) is 9.00. The molecule has 1 saturated heterocycles. The highest BCUT2D eigenvalue weighted by Crippen LogP contribution is 2.29. The summed E-state index contributed by atoms with van der Waals surface area (Å²) in [4.78, 5) is 4.62. The molecule has 0 amide bonds. The van der Waals surface area contributed by atoms with Gasteiger partial charge in [-0.15, -0.1) is 0 Å². The maximum absolute atomic E-state index is 12.6. The van der Waals surface area contributed by atoms with Crippen LogP contribution in [0.3, 0.4) is 0 Å². The zero-order valence-electron chi connectivity index (χ0n) is 10.5. The first-order valence-electron chi connectivity index (χ1n) is 6.11. The van der Waals surface area contributed by atoms with Crippen LogP contribution in [0, 0.1) is 0 Å². The Morgan fingerprint density at radius 2 is 2.00 bits per heavy atom. The lowest BCUT2D eigenvalue weighted by Gasteiger charge is -2.14. The largest absolute Gasteiger partial charge is 0.334 e. The Morgan fingerprint density at radius 3 is 2.68 bits per heavy atom. The number of aromatic nitrogens is 2. The number of rotatable bonds is 2. The molecule has 0 spiro atoms. The van der Waals surface area contributed by atoms with E-state index in [0.717, 1.165) is 17.3 Å². The molecule has 1 aliphatic heterocycles. The van der Waals surface area contributed by atoms with Crippen molar-refractivity contribution < 1.29 is 8.42 Å². The van der Waals surface area contributed by atoms with Gasteiger partial charge in [0.2, 0.25) is 10.0 Å². The average molecular weight is 344 g/mol. The Balaban J connectivity index is 2.22. The van der Waals surface area contributed by atoms with Crippen LogP contribution in [-0.4, -0.2) is 35.4 Å². The number of aryl methyl sites for hydroxylation is 1. The third-order valence-corrected chi connectivity index (χ3v) is 5.79. The summed E-state index contributed by atoms with van der Waals surface area (Å²) in [5.74, 6) is 0. The highest BCUT2D eigenvalue weighted by molar-refractivity contribution is 9.10. The van der Waals surface area contributed by atoms with E-state index in [4.69, 9.17) is 0 Å². The standard InChI is InChI=1S/C12H14BrN3O2S/c1-15-8-11(10-6-9(13)7-14-12(10)15)19(17,18)16-4-2-3-5-16/h6-8H,2-5H2,1H3. The molecular formula is C12H14BrN3O2S. The summed E-state index contributed by atoms with van der Waals surface area (Å²) >= 11 is 3.35. The van der Waals surface area contributed by atoms with Gasteiger partial charge in [0.25, 0.3) is 0 Å². The van der Waals surface area contributed by atoms with Crippen molar-refractivity contribution in [2.75, 3.05) is 13.1 Å².